The van der Waals surface area contributed by atoms with E-state index in [1.54, 1.807) is 0 Å². The third-order valence-corrected chi connectivity index (χ3v) is 10.7. The lowest BCUT2D eigenvalue weighted by Crippen LogP contribution is -2.10. The molecule has 0 bridgehead atoms. The summed E-state index contributed by atoms with van der Waals surface area (Å²) in [5, 5.41) is 7.03. The molecule has 4 nitrogen and oxygen atoms in total. The van der Waals surface area contributed by atoms with Crippen LogP contribution in [0.5, 0.6) is 0 Å². The molecule has 0 radical (unpaired) electrons. The summed E-state index contributed by atoms with van der Waals surface area (Å²) >= 11 is 0. The Morgan fingerprint density at radius 3 is 1.80 bits per heavy atom. The Kier molecular flexibility index (Phi) is 7.14. The van der Waals surface area contributed by atoms with Crippen LogP contribution in [0.3, 0.4) is 0 Å². The van der Waals surface area contributed by atoms with E-state index in [1.807, 2.05) is 36.4 Å². The summed E-state index contributed by atoms with van der Waals surface area (Å²) in [6.07, 6.45) is 0. The third-order valence-electron chi connectivity index (χ3n) is 10.7. The highest BCUT2D eigenvalue weighted by Gasteiger charge is 2.17. The second-order valence-electron chi connectivity index (χ2n) is 14.0. The van der Waals surface area contributed by atoms with Crippen molar-refractivity contribution in [3.63, 3.8) is 0 Å². The monoisotopic (exact) mass is 704 g/mol. The Bertz CT molecular complexity index is 3200. The van der Waals surface area contributed by atoms with Crippen molar-refractivity contribution in [1.82, 2.24) is 4.98 Å². The van der Waals surface area contributed by atoms with Gasteiger partial charge in [0.25, 0.3) is 0 Å². The number of benzene rings is 9. The number of fused-ring (bicyclic) bond motifs is 7. The molecule has 0 spiro atoms. The lowest BCUT2D eigenvalue weighted by atomic mass is 10.00. The van der Waals surface area contributed by atoms with Gasteiger partial charge in [-0.05, 0) is 111 Å². The van der Waals surface area contributed by atoms with Gasteiger partial charge < -0.3 is 13.7 Å². The first-order valence-electron chi connectivity index (χ1n) is 18.5. The van der Waals surface area contributed by atoms with Gasteiger partial charge in [-0.1, -0.05) is 121 Å². The van der Waals surface area contributed by atoms with Crippen LogP contribution in [0.1, 0.15) is 0 Å². The minimum absolute atomic E-state index is 0.606. The Labute approximate surface area is 317 Å². The van der Waals surface area contributed by atoms with Gasteiger partial charge in [-0.2, -0.15) is 0 Å². The normalized spacial score (nSPS) is 11.6. The van der Waals surface area contributed by atoms with Crippen LogP contribution in [-0.2, 0) is 0 Å². The van der Waals surface area contributed by atoms with Gasteiger partial charge in [0.2, 0.25) is 5.89 Å². The van der Waals surface area contributed by atoms with E-state index in [2.05, 4.69) is 163 Å². The quantitative estimate of drug-likeness (QED) is 0.162. The molecule has 0 aliphatic rings. The molecule has 2 aromatic heterocycles. The minimum atomic E-state index is 0.606. The highest BCUT2D eigenvalue weighted by molar-refractivity contribution is 6.10. The highest BCUT2D eigenvalue weighted by Crippen LogP contribution is 2.41. The van der Waals surface area contributed by atoms with Gasteiger partial charge in [-0.25, -0.2) is 4.98 Å². The SMILES string of the molecule is c1ccc(-c2cccc(N(c3ccc(-c4ccc5c(c4)oc4cc6oc(-c7ccccc7)nc6cc45)cc3)c3ccc4c(ccc5ccccc54)c3)c2)cc1. The topological polar surface area (TPSA) is 42.4 Å². The molecule has 0 amide bonds. The van der Waals surface area contributed by atoms with E-state index in [9.17, 15) is 0 Å². The second-order valence-corrected chi connectivity index (χ2v) is 14.0. The van der Waals surface area contributed by atoms with Gasteiger partial charge in [0.15, 0.2) is 5.58 Å². The van der Waals surface area contributed by atoms with Crippen LogP contribution < -0.4 is 4.90 Å². The smallest absolute Gasteiger partial charge is 0.227 e. The Balaban J connectivity index is 0.976. The summed E-state index contributed by atoms with van der Waals surface area (Å²) in [4.78, 5) is 7.13. The van der Waals surface area contributed by atoms with Crippen molar-refractivity contribution in [3.8, 4) is 33.7 Å². The first-order valence-corrected chi connectivity index (χ1v) is 18.5. The van der Waals surface area contributed by atoms with Crippen LogP contribution in [0.25, 0.3) is 88.3 Å². The van der Waals surface area contributed by atoms with Crippen LogP contribution in [0.2, 0.25) is 0 Å². The van der Waals surface area contributed by atoms with Crippen LogP contribution in [0.15, 0.2) is 203 Å². The van der Waals surface area contributed by atoms with E-state index in [-0.39, 0.29) is 0 Å². The molecule has 0 aliphatic carbocycles. The third kappa shape index (κ3) is 5.43. The van der Waals surface area contributed by atoms with E-state index in [0.29, 0.717) is 11.5 Å². The molecule has 0 N–H and O–H groups in total. The molecule has 2 heterocycles. The van der Waals surface area contributed by atoms with Gasteiger partial charge in [-0.3, -0.25) is 0 Å². The molecule has 0 atom stereocenters. The maximum absolute atomic E-state index is 6.43. The number of furan rings is 1. The summed E-state index contributed by atoms with van der Waals surface area (Å²) < 4.78 is 12.6. The molecule has 4 heteroatoms. The van der Waals surface area contributed by atoms with Gasteiger partial charge in [0.05, 0.1) is 0 Å². The Hall–Kier alpha value is -7.43. The molecule has 0 unspecified atom stereocenters. The molecule has 0 fully saturated rings. The minimum Gasteiger partial charge on any atom is -0.456 e. The van der Waals surface area contributed by atoms with E-state index in [0.717, 1.165) is 61.2 Å². The Morgan fingerprint density at radius 1 is 0.327 bits per heavy atom. The average molecular weight is 705 g/mol. The zero-order valence-corrected chi connectivity index (χ0v) is 29.7. The fourth-order valence-corrected chi connectivity index (χ4v) is 7.93. The van der Waals surface area contributed by atoms with Crippen LogP contribution in [0.4, 0.5) is 17.1 Å². The average Bonchev–Trinajstić information content (AvgIpc) is 3.84. The second kappa shape index (κ2) is 12.6. The summed E-state index contributed by atoms with van der Waals surface area (Å²) in [5.41, 5.74) is 11.9. The number of hydrogen-bond donors (Lipinski definition) is 0. The predicted molar refractivity (Wildman–Crippen MR) is 227 cm³/mol. The number of rotatable bonds is 6. The number of anilines is 3. The number of oxazole rings is 1. The van der Waals surface area contributed by atoms with E-state index >= 15 is 0 Å². The summed E-state index contributed by atoms with van der Waals surface area (Å²) in [5.74, 6) is 0.606. The fourth-order valence-electron chi connectivity index (χ4n) is 7.93. The zero-order valence-electron chi connectivity index (χ0n) is 29.7. The van der Waals surface area contributed by atoms with Crippen molar-refractivity contribution in [2.75, 3.05) is 4.90 Å². The van der Waals surface area contributed by atoms with Crippen molar-refractivity contribution in [1.29, 1.82) is 0 Å². The molecule has 0 saturated heterocycles. The summed E-state index contributed by atoms with van der Waals surface area (Å²) in [6.45, 7) is 0. The standard InChI is InChI=1S/C51H32N2O2/c1-3-10-33(11-4-1)37-15-9-16-41(28-37)53(42-25-27-44-39(29-42)19-18-35-12-7-8-17-43(35)44)40-23-20-34(21-24-40)38-22-26-45-46-31-47-50(32-49(46)54-48(45)30-38)55-51(52-47)36-13-5-2-6-14-36/h1-32H. The van der Waals surface area contributed by atoms with Gasteiger partial charge in [0, 0.05) is 39.5 Å². The van der Waals surface area contributed by atoms with E-state index in [4.69, 9.17) is 13.8 Å². The molecule has 258 valence electrons. The molecular formula is C51H32N2O2. The maximum Gasteiger partial charge on any atom is 0.227 e. The molecular weight excluding hydrogens is 673 g/mol. The Morgan fingerprint density at radius 2 is 0.945 bits per heavy atom. The van der Waals surface area contributed by atoms with Crippen molar-refractivity contribution < 1.29 is 8.83 Å². The van der Waals surface area contributed by atoms with E-state index in [1.165, 1.54) is 32.7 Å². The molecule has 9 aromatic carbocycles. The van der Waals surface area contributed by atoms with E-state index < -0.39 is 0 Å². The van der Waals surface area contributed by atoms with Crippen LogP contribution in [0, 0.1) is 0 Å². The molecule has 11 aromatic rings. The van der Waals surface area contributed by atoms with Gasteiger partial charge in [0.1, 0.15) is 16.7 Å². The number of nitrogens with zero attached hydrogens (tertiary/aromatic N) is 2. The van der Waals surface area contributed by atoms with Gasteiger partial charge >= 0.3 is 0 Å². The molecule has 11 rings (SSSR count). The summed E-state index contributed by atoms with van der Waals surface area (Å²) in [6, 6.07) is 68.4. The maximum atomic E-state index is 6.43. The number of aromatic nitrogens is 1. The molecule has 0 saturated carbocycles. The van der Waals surface area contributed by atoms with Crippen LogP contribution >= 0.6 is 0 Å². The number of hydrogen-bond acceptors (Lipinski definition) is 4. The first kappa shape index (κ1) is 31.1. The van der Waals surface area contributed by atoms with Crippen molar-refractivity contribution in [3.05, 3.63) is 194 Å². The first-order chi connectivity index (χ1) is 27.2. The molecule has 55 heavy (non-hydrogen) atoms. The van der Waals surface area contributed by atoms with Crippen molar-refractivity contribution >= 4 is 71.6 Å². The van der Waals surface area contributed by atoms with Crippen molar-refractivity contribution in [2.24, 2.45) is 0 Å². The molecule has 0 aliphatic heterocycles. The highest BCUT2D eigenvalue weighted by atomic mass is 16.4. The van der Waals surface area contributed by atoms with Crippen molar-refractivity contribution in [2.45, 2.75) is 0 Å². The van der Waals surface area contributed by atoms with Crippen LogP contribution in [-0.4, -0.2) is 4.98 Å². The lowest BCUT2D eigenvalue weighted by Gasteiger charge is -2.26. The zero-order chi connectivity index (χ0) is 36.3. The summed E-state index contributed by atoms with van der Waals surface area (Å²) in [7, 11) is 0. The predicted octanol–water partition coefficient (Wildman–Crippen LogP) is 14.5. The fraction of sp³-hybridized carbons (Fsp3) is 0. The largest absolute Gasteiger partial charge is 0.456 e. The van der Waals surface area contributed by atoms with Gasteiger partial charge in [-0.15, -0.1) is 0 Å². The lowest BCUT2D eigenvalue weighted by molar-refractivity contribution is 0.617.